The summed E-state index contributed by atoms with van der Waals surface area (Å²) in [5.41, 5.74) is 0. The standard InChI is InChI=1S/C10H19NO3S2/c1-15-8-3-2-7(4-8)11-9-5-16(13,14)6-10(9)12/h7-12H,2-6H2,1H3. The Balaban J connectivity index is 1.87. The van der Waals surface area contributed by atoms with Gasteiger partial charge in [-0.15, -0.1) is 0 Å². The van der Waals surface area contributed by atoms with E-state index in [1.807, 2.05) is 11.8 Å². The van der Waals surface area contributed by atoms with Gasteiger partial charge in [-0.05, 0) is 25.5 Å². The Kier molecular flexibility index (Phi) is 3.83. The molecule has 94 valence electrons. The second kappa shape index (κ2) is 4.84. The molecule has 2 N–H and O–H groups in total. The topological polar surface area (TPSA) is 66.4 Å². The van der Waals surface area contributed by atoms with Gasteiger partial charge in [-0.25, -0.2) is 8.42 Å². The Labute approximate surface area is 101 Å². The number of hydrogen-bond donors (Lipinski definition) is 2. The normalized spacial score (nSPS) is 42.6. The summed E-state index contributed by atoms with van der Waals surface area (Å²) in [5, 5.41) is 13.7. The zero-order valence-electron chi connectivity index (χ0n) is 9.43. The average Bonchev–Trinajstić information content (AvgIpc) is 2.72. The molecule has 0 aromatic rings. The minimum absolute atomic E-state index is 0.0800. The predicted molar refractivity (Wildman–Crippen MR) is 66.5 cm³/mol. The summed E-state index contributed by atoms with van der Waals surface area (Å²) in [7, 11) is -3.02. The minimum Gasteiger partial charge on any atom is -0.390 e. The molecule has 0 amide bonds. The van der Waals surface area contributed by atoms with Crippen molar-refractivity contribution >= 4 is 21.6 Å². The van der Waals surface area contributed by atoms with Gasteiger partial charge in [0.25, 0.3) is 0 Å². The van der Waals surface area contributed by atoms with Crippen LogP contribution < -0.4 is 5.32 Å². The van der Waals surface area contributed by atoms with Crippen LogP contribution in [0.5, 0.6) is 0 Å². The van der Waals surface area contributed by atoms with E-state index in [1.54, 1.807) is 0 Å². The van der Waals surface area contributed by atoms with E-state index in [9.17, 15) is 13.5 Å². The van der Waals surface area contributed by atoms with Crippen molar-refractivity contribution in [3.05, 3.63) is 0 Å². The lowest BCUT2D eigenvalue weighted by atomic mass is 10.1. The summed E-state index contributed by atoms with van der Waals surface area (Å²) in [6.07, 6.45) is 4.76. The molecule has 4 unspecified atom stereocenters. The fourth-order valence-corrected chi connectivity index (χ4v) is 5.15. The number of nitrogens with one attached hydrogen (secondary N) is 1. The van der Waals surface area contributed by atoms with Gasteiger partial charge in [0.1, 0.15) is 0 Å². The molecule has 4 atom stereocenters. The number of sulfone groups is 1. The van der Waals surface area contributed by atoms with Crippen molar-refractivity contribution in [2.45, 2.75) is 42.7 Å². The molecule has 0 spiro atoms. The van der Waals surface area contributed by atoms with E-state index in [2.05, 4.69) is 11.6 Å². The molecule has 0 bridgehead atoms. The average molecular weight is 265 g/mol. The monoisotopic (exact) mass is 265 g/mol. The zero-order chi connectivity index (χ0) is 11.8. The van der Waals surface area contributed by atoms with E-state index in [4.69, 9.17) is 0 Å². The molecule has 1 aliphatic heterocycles. The fourth-order valence-electron chi connectivity index (χ4n) is 2.60. The second-order valence-electron chi connectivity index (χ2n) is 4.79. The lowest BCUT2D eigenvalue weighted by Gasteiger charge is -2.20. The number of aliphatic hydroxyl groups excluding tert-OH is 1. The molecule has 4 nitrogen and oxygen atoms in total. The largest absolute Gasteiger partial charge is 0.390 e. The fraction of sp³-hybridized carbons (Fsp3) is 1.00. The molecular formula is C10H19NO3S2. The Morgan fingerprint density at radius 3 is 2.56 bits per heavy atom. The first-order valence-corrected chi connectivity index (χ1v) is 8.78. The Morgan fingerprint density at radius 1 is 1.31 bits per heavy atom. The summed E-state index contributed by atoms with van der Waals surface area (Å²) in [4.78, 5) is 0. The third-order valence-corrected chi connectivity index (χ3v) is 6.30. The molecule has 0 aromatic carbocycles. The summed E-state index contributed by atoms with van der Waals surface area (Å²) >= 11 is 1.87. The number of hydrogen-bond acceptors (Lipinski definition) is 5. The maximum absolute atomic E-state index is 11.3. The van der Waals surface area contributed by atoms with Crippen LogP contribution in [0, 0.1) is 0 Å². The summed E-state index contributed by atoms with van der Waals surface area (Å²) < 4.78 is 22.7. The van der Waals surface area contributed by atoms with E-state index in [1.165, 1.54) is 6.42 Å². The number of aliphatic hydroxyl groups is 1. The molecular weight excluding hydrogens is 246 g/mol. The third kappa shape index (κ3) is 2.91. The summed E-state index contributed by atoms with van der Waals surface area (Å²) in [6, 6.07) is 0.126. The van der Waals surface area contributed by atoms with Crippen molar-refractivity contribution in [3.8, 4) is 0 Å². The van der Waals surface area contributed by atoms with Gasteiger partial charge in [-0.3, -0.25) is 0 Å². The first kappa shape index (κ1) is 12.7. The molecule has 0 radical (unpaired) electrons. The molecule has 1 heterocycles. The first-order valence-electron chi connectivity index (χ1n) is 5.67. The highest BCUT2D eigenvalue weighted by molar-refractivity contribution is 7.99. The van der Waals surface area contributed by atoms with E-state index in [0.29, 0.717) is 11.3 Å². The van der Waals surface area contributed by atoms with Crippen LogP contribution in [0.2, 0.25) is 0 Å². The van der Waals surface area contributed by atoms with Crippen LogP contribution in [0.25, 0.3) is 0 Å². The van der Waals surface area contributed by atoms with Crippen LogP contribution in [-0.2, 0) is 9.84 Å². The van der Waals surface area contributed by atoms with Crippen molar-refractivity contribution in [2.75, 3.05) is 17.8 Å². The van der Waals surface area contributed by atoms with Crippen molar-refractivity contribution in [3.63, 3.8) is 0 Å². The summed E-state index contributed by atoms with van der Waals surface area (Å²) in [5.74, 6) is 0.0118. The SMILES string of the molecule is CSC1CCC(NC2CS(=O)(=O)CC2O)C1. The van der Waals surface area contributed by atoms with Crippen LogP contribution >= 0.6 is 11.8 Å². The number of rotatable bonds is 3. The molecule has 1 aliphatic carbocycles. The van der Waals surface area contributed by atoms with Gasteiger partial charge in [0, 0.05) is 17.3 Å². The molecule has 2 aliphatic rings. The van der Waals surface area contributed by atoms with E-state index in [0.717, 1.165) is 12.8 Å². The van der Waals surface area contributed by atoms with Gasteiger partial charge in [0.15, 0.2) is 9.84 Å². The van der Waals surface area contributed by atoms with Crippen LogP contribution in [0.15, 0.2) is 0 Å². The maximum atomic E-state index is 11.3. The first-order chi connectivity index (χ1) is 7.50. The molecule has 1 saturated carbocycles. The van der Waals surface area contributed by atoms with Crippen molar-refractivity contribution in [2.24, 2.45) is 0 Å². The van der Waals surface area contributed by atoms with Crippen LogP contribution in [-0.4, -0.2) is 54.7 Å². The molecule has 2 fully saturated rings. The molecule has 1 saturated heterocycles. The second-order valence-corrected chi connectivity index (χ2v) is 8.08. The Bertz CT molecular complexity index is 344. The maximum Gasteiger partial charge on any atom is 0.154 e. The van der Waals surface area contributed by atoms with Crippen LogP contribution in [0.1, 0.15) is 19.3 Å². The zero-order valence-corrected chi connectivity index (χ0v) is 11.1. The van der Waals surface area contributed by atoms with Gasteiger partial charge in [-0.2, -0.15) is 11.8 Å². The third-order valence-electron chi connectivity index (χ3n) is 3.49. The van der Waals surface area contributed by atoms with Gasteiger partial charge < -0.3 is 10.4 Å². The Hall–Kier alpha value is 0.220. The van der Waals surface area contributed by atoms with Gasteiger partial charge in [-0.1, -0.05) is 0 Å². The lowest BCUT2D eigenvalue weighted by molar-refractivity contribution is 0.159. The van der Waals surface area contributed by atoms with E-state index < -0.39 is 15.9 Å². The number of thioether (sulfide) groups is 1. The van der Waals surface area contributed by atoms with Crippen molar-refractivity contribution < 1.29 is 13.5 Å². The minimum atomic E-state index is -3.02. The summed E-state index contributed by atoms with van der Waals surface area (Å²) in [6.45, 7) is 0. The predicted octanol–water partition coefficient (Wildman–Crippen LogP) is 0.0180. The highest BCUT2D eigenvalue weighted by atomic mass is 32.2. The Morgan fingerprint density at radius 2 is 2.06 bits per heavy atom. The van der Waals surface area contributed by atoms with Gasteiger partial charge in [0.05, 0.1) is 17.6 Å². The molecule has 0 aromatic heterocycles. The van der Waals surface area contributed by atoms with Crippen LogP contribution in [0.3, 0.4) is 0 Å². The lowest BCUT2D eigenvalue weighted by Crippen LogP contribution is -2.44. The van der Waals surface area contributed by atoms with Crippen molar-refractivity contribution in [1.82, 2.24) is 5.32 Å². The smallest absolute Gasteiger partial charge is 0.154 e. The van der Waals surface area contributed by atoms with Gasteiger partial charge in [0.2, 0.25) is 0 Å². The van der Waals surface area contributed by atoms with Gasteiger partial charge >= 0.3 is 0 Å². The van der Waals surface area contributed by atoms with Crippen molar-refractivity contribution in [1.29, 1.82) is 0 Å². The van der Waals surface area contributed by atoms with Crippen LogP contribution in [0.4, 0.5) is 0 Å². The highest BCUT2D eigenvalue weighted by Crippen LogP contribution is 2.29. The van der Waals surface area contributed by atoms with E-state index in [-0.39, 0.29) is 17.5 Å². The van der Waals surface area contributed by atoms with E-state index >= 15 is 0 Å². The highest BCUT2D eigenvalue weighted by Gasteiger charge is 2.38. The molecule has 16 heavy (non-hydrogen) atoms. The quantitative estimate of drug-likeness (QED) is 0.753. The molecule has 2 rings (SSSR count). The molecule has 6 heteroatoms.